The van der Waals surface area contributed by atoms with Gasteiger partial charge in [-0.3, -0.25) is 0 Å². The van der Waals surface area contributed by atoms with Crippen LogP contribution in [0.4, 0.5) is 0 Å². The Bertz CT molecular complexity index is 180. The van der Waals surface area contributed by atoms with Gasteiger partial charge in [0.15, 0.2) is 0 Å². The fourth-order valence-electron chi connectivity index (χ4n) is 0.587. The van der Waals surface area contributed by atoms with Crippen molar-refractivity contribution in [3.05, 3.63) is 22.3 Å². The van der Waals surface area contributed by atoms with E-state index in [-0.39, 0.29) is 20.7 Å². The molecule has 0 bridgehead atoms. The summed E-state index contributed by atoms with van der Waals surface area (Å²) < 4.78 is 8.87. The first-order valence-electron chi connectivity index (χ1n) is 3.40. The lowest BCUT2D eigenvalue weighted by atomic mass is 10.5. The smallest absolute Gasteiger partial charge is 0.107 e. The Hall–Kier alpha value is 0.0400. The highest BCUT2D eigenvalue weighted by atomic mass is 127. The zero-order chi connectivity index (χ0) is 7.23. The van der Waals surface area contributed by atoms with Crippen LogP contribution in [0, 0.1) is 0 Å². The number of ether oxygens (including phenoxy) is 1. The lowest BCUT2D eigenvalue weighted by Crippen LogP contribution is -1.99. The predicted molar refractivity (Wildman–Crippen MR) is 53.6 cm³/mol. The lowest BCUT2D eigenvalue weighted by Gasteiger charge is -2.01. The fourth-order valence-corrected chi connectivity index (χ4v) is 2.20. The fraction of sp³-hybridized carbons (Fsp3) is 0.375. The van der Waals surface area contributed by atoms with Crippen LogP contribution in [0.2, 0.25) is 0 Å². The van der Waals surface area contributed by atoms with Crippen molar-refractivity contribution in [2.45, 2.75) is 13.3 Å². The van der Waals surface area contributed by atoms with E-state index in [4.69, 9.17) is 4.74 Å². The molecule has 0 N–H and O–H groups in total. The van der Waals surface area contributed by atoms with Crippen molar-refractivity contribution < 1.29 is 4.74 Å². The normalized spacial score (nSPS) is 16.3. The molecule has 0 amide bonds. The molecular formula is C8H11IO. The molecule has 1 heterocycles. The molecule has 1 aliphatic heterocycles. The van der Waals surface area contributed by atoms with E-state index in [0.29, 0.717) is 0 Å². The molecule has 1 aliphatic rings. The second kappa shape index (κ2) is 4.79. The Morgan fingerprint density at radius 1 is 1.50 bits per heavy atom. The minimum atomic E-state index is 0.0634. The quantitative estimate of drug-likeness (QED) is 0.699. The molecule has 0 atom stereocenters. The van der Waals surface area contributed by atoms with Crippen molar-refractivity contribution in [3.8, 4) is 0 Å². The Labute approximate surface area is 71.5 Å². The van der Waals surface area contributed by atoms with Crippen LogP contribution in [0.5, 0.6) is 0 Å². The molecule has 0 saturated heterocycles. The molecular weight excluding hydrogens is 239 g/mol. The van der Waals surface area contributed by atoms with Gasteiger partial charge in [0.2, 0.25) is 0 Å². The van der Waals surface area contributed by atoms with Crippen molar-refractivity contribution in [1.29, 1.82) is 0 Å². The van der Waals surface area contributed by atoms with Gasteiger partial charge in [0.1, 0.15) is 3.69 Å². The van der Waals surface area contributed by atoms with Crippen molar-refractivity contribution in [3.63, 3.8) is 0 Å². The zero-order valence-corrected chi connectivity index (χ0v) is 8.17. The minimum Gasteiger partial charge on any atom is -0.340 e. The second-order valence-corrected chi connectivity index (χ2v) is 4.34. The standard InChI is InChI=1S/C8H11IO/c1-2-7-10-8-5-3-4-6-9-8/h3-6H,2,7H2,1H3. The number of allylic oxidation sites excluding steroid dienone is 2. The first kappa shape index (κ1) is 8.14. The van der Waals surface area contributed by atoms with E-state index < -0.39 is 0 Å². The van der Waals surface area contributed by atoms with Gasteiger partial charge in [0.25, 0.3) is 0 Å². The monoisotopic (exact) mass is 250 g/mol. The molecule has 0 aromatic rings. The molecule has 0 saturated carbocycles. The highest BCUT2D eigenvalue weighted by Gasteiger charge is 1.92. The highest BCUT2D eigenvalue weighted by Crippen LogP contribution is 2.10. The molecule has 0 aromatic heterocycles. The molecule has 0 unspecified atom stereocenters. The molecule has 2 heteroatoms. The van der Waals surface area contributed by atoms with Gasteiger partial charge in [-0.1, -0.05) is 39.8 Å². The van der Waals surface area contributed by atoms with Gasteiger partial charge in [-0.05, 0) is 16.6 Å². The summed E-state index contributed by atoms with van der Waals surface area (Å²) >= 11 is 0.0634. The number of rotatable bonds is 3. The van der Waals surface area contributed by atoms with E-state index >= 15 is 0 Å². The van der Waals surface area contributed by atoms with Crippen LogP contribution in [0.25, 0.3) is 0 Å². The molecule has 10 heavy (non-hydrogen) atoms. The van der Waals surface area contributed by atoms with Gasteiger partial charge < -0.3 is 4.74 Å². The van der Waals surface area contributed by atoms with Crippen LogP contribution in [0.15, 0.2) is 22.3 Å². The number of halogens is 1. The van der Waals surface area contributed by atoms with Gasteiger partial charge in [-0.15, -0.1) is 0 Å². The summed E-state index contributed by atoms with van der Waals surface area (Å²) in [5.41, 5.74) is 0. The Balaban J connectivity index is 2.35. The van der Waals surface area contributed by atoms with Crippen LogP contribution in [-0.2, 0) is 4.74 Å². The summed E-state index contributed by atoms with van der Waals surface area (Å²) in [6, 6.07) is 0. The van der Waals surface area contributed by atoms with Crippen LogP contribution in [0.1, 0.15) is 13.3 Å². The molecule has 1 nitrogen and oxygen atoms in total. The van der Waals surface area contributed by atoms with Gasteiger partial charge >= 0.3 is 0 Å². The summed E-state index contributed by atoms with van der Waals surface area (Å²) in [7, 11) is 0. The van der Waals surface area contributed by atoms with E-state index in [9.17, 15) is 0 Å². The first-order chi connectivity index (χ1) is 4.93. The van der Waals surface area contributed by atoms with Gasteiger partial charge in [0, 0.05) is 0 Å². The third-order valence-corrected chi connectivity index (χ3v) is 3.09. The highest BCUT2D eigenvalue weighted by molar-refractivity contribution is 14.2. The Morgan fingerprint density at radius 3 is 3.00 bits per heavy atom. The second-order valence-electron chi connectivity index (χ2n) is 1.94. The third kappa shape index (κ3) is 2.75. The SMILES string of the molecule is CCCOC1=IC=CC=C1. The Kier molecular flexibility index (Phi) is 3.90. The van der Waals surface area contributed by atoms with E-state index in [2.05, 4.69) is 23.2 Å². The molecule has 0 spiro atoms. The Morgan fingerprint density at radius 2 is 2.40 bits per heavy atom. The largest absolute Gasteiger partial charge is 0.340 e. The van der Waals surface area contributed by atoms with Crippen molar-refractivity contribution in [1.82, 2.24) is 0 Å². The van der Waals surface area contributed by atoms with Gasteiger partial charge in [-0.25, -0.2) is 0 Å². The van der Waals surface area contributed by atoms with Crippen LogP contribution in [-0.4, -0.2) is 10.3 Å². The average Bonchev–Trinajstić information content (AvgIpc) is 2.03. The molecule has 0 aromatic carbocycles. The lowest BCUT2D eigenvalue weighted by molar-refractivity contribution is 0.316. The van der Waals surface area contributed by atoms with Gasteiger partial charge in [0.05, 0.1) is 6.61 Å². The summed E-state index contributed by atoms with van der Waals surface area (Å²) in [6.45, 7) is 2.99. The minimum absolute atomic E-state index is 0.0634. The van der Waals surface area contributed by atoms with Gasteiger partial charge in [-0.2, -0.15) is 0 Å². The molecule has 0 fully saturated rings. The van der Waals surface area contributed by atoms with Crippen LogP contribution >= 0.6 is 20.7 Å². The molecule has 0 radical (unpaired) electrons. The average molecular weight is 250 g/mol. The van der Waals surface area contributed by atoms with E-state index in [1.807, 2.05) is 6.08 Å². The maximum Gasteiger partial charge on any atom is 0.107 e. The van der Waals surface area contributed by atoms with E-state index in [0.717, 1.165) is 13.0 Å². The summed E-state index contributed by atoms with van der Waals surface area (Å²) in [5.74, 6) is 0. The summed E-state index contributed by atoms with van der Waals surface area (Å²) in [5, 5.41) is 0. The van der Waals surface area contributed by atoms with Crippen molar-refractivity contribution in [2.24, 2.45) is 0 Å². The number of hydrogen-bond acceptors (Lipinski definition) is 1. The maximum atomic E-state index is 5.46. The predicted octanol–water partition coefficient (Wildman–Crippen LogP) is 2.60. The maximum absolute atomic E-state index is 5.46. The first-order valence-corrected chi connectivity index (χ1v) is 5.72. The third-order valence-electron chi connectivity index (χ3n) is 1.03. The molecule has 56 valence electrons. The van der Waals surface area contributed by atoms with Crippen LogP contribution < -0.4 is 0 Å². The number of hydrogen-bond donors (Lipinski definition) is 0. The molecule has 1 rings (SSSR count). The zero-order valence-electron chi connectivity index (χ0n) is 6.01. The van der Waals surface area contributed by atoms with E-state index in [1.54, 1.807) is 0 Å². The van der Waals surface area contributed by atoms with Crippen molar-refractivity contribution >= 4 is 24.4 Å². The summed E-state index contributed by atoms with van der Waals surface area (Å²) in [4.78, 5) is 0. The van der Waals surface area contributed by atoms with Crippen LogP contribution in [0.3, 0.4) is 0 Å². The summed E-state index contributed by atoms with van der Waals surface area (Å²) in [6.07, 6.45) is 7.30. The van der Waals surface area contributed by atoms with Crippen molar-refractivity contribution in [2.75, 3.05) is 6.61 Å². The molecule has 0 aliphatic carbocycles. The topological polar surface area (TPSA) is 9.23 Å². The van der Waals surface area contributed by atoms with E-state index in [1.165, 1.54) is 3.69 Å².